The van der Waals surface area contributed by atoms with Crippen LogP contribution in [0.4, 0.5) is 13.2 Å². The van der Waals surface area contributed by atoms with Crippen LogP contribution in [0, 0.1) is 5.82 Å². The fourth-order valence-corrected chi connectivity index (χ4v) is 2.50. The number of nitrogens with two attached hydrogens (primary N) is 1. The molecule has 1 amide bonds. The Hall–Kier alpha value is -0.790. The van der Waals surface area contributed by atoms with Crippen molar-refractivity contribution < 1.29 is 23.1 Å². The first-order valence-electron chi connectivity index (χ1n) is 5.45. The molecule has 8 heteroatoms. The van der Waals surface area contributed by atoms with Crippen molar-refractivity contribution in [3.05, 3.63) is 34.1 Å². The van der Waals surface area contributed by atoms with Gasteiger partial charge in [0, 0.05) is 10.0 Å². The first-order chi connectivity index (χ1) is 9.07. The van der Waals surface area contributed by atoms with Crippen LogP contribution in [0.1, 0.15) is 12.5 Å². The molecule has 2 atom stereocenters. The smallest absolute Gasteiger partial charge is 0.281 e. The highest BCUT2D eigenvalue weighted by atomic mass is 79.9. The van der Waals surface area contributed by atoms with Crippen LogP contribution < -0.4 is 5.73 Å². The maximum Gasteiger partial charge on any atom is 0.281 e. The van der Waals surface area contributed by atoms with E-state index in [-0.39, 0.29) is 0 Å². The number of halogens is 5. The number of aliphatic hydroxyl groups excluding tert-OH is 1. The number of primary amides is 1. The number of hydrogen-bond acceptors (Lipinski definition) is 2. The minimum Gasteiger partial charge on any atom is -0.390 e. The van der Waals surface area contributed by atoms with Crippen LogP contribution in [0.3, 0.4) is 0 Å². The van der Waals surface area contributed by atoms with Crippen molar-refractivity contribution in [3.63, 3.8) is 0 Å². The molecule has 0 aliphatic rings. The fourth-order valence-electron chi connectivity index (χ4n) is 1.86. The molecule has 0 aliphatic heterocycles. The van der Waals surface area contributed by atoms with Crippen molar-refractivity contribution in [1.29, 1.82) is 0 Å². The largest absolute Gasteiger partial charge is 0.390 e. The third-order valence-corrected chi connectivity index (χ3v) is 4.35. The maximum absolute atomic E-state index is 14.1. The normalized spacial score (nSPS) is 16.6. The second-order valence-corrected chi connectivity index (χ2v) is 5.81. The van der Waals surface area contributed by atoms with E-state index in [2.05, 4.69) is 15.9 Å². The Morgan fingerprint density at radius 3 is 2.55 bits per heavy atom. The quantitative estimate of drug-likeness (QED) is 0.778. The van der Waals surface area contributed by atoms with Gasteiger partial charge in [0.1, 0.15) is 17.8 Å². The lowest BCUT2D eigenvalue weighted by molar-refractivity contribution is -0.133. The average molecular weight is 375 g/mol. The summed E-state index contributed by atoms with van der Waals surface area (Å²) in [5.74, 6) is -6.06. The number of amides is 1. The zero-order chi connectivity index (χ0) is 15.7. The van der Waals surface area contributed by atoms with E-state index in [0.717, 1.165) is 19.1 Å². The Kier molecular flexibility index (Phi) is 5.10. The number of carbonyl (C=O) groups is 1. The van der Waals surface area contributed by atoms with Gasteiger partial charge in [0.2, 0.25) is 5.91 Å². The molecular formula is C12H12BrClF3NO2. The van der Waals surface area contributed by atoms with Gasteiger partial charge >= 0.3 is 0 Å². The molecule has 0 heterocycles. The van der Waals surface area contributed by atoms with E-state index in [1.54, 1.807) is 0 Å². The van der Waals surface area contributed by atoms with E-state index in [0.29, 0.717) is 4.47 Å². The van der Waals surface area contributed by atoms with Gasteiger partial charge < -0.3 is 10.8 Å². The molecule has 0 saturated heterocycles. The van der Waals surface area contributed by atoms with Gasteiger partial charge in [-0.05, 0) is 25.1 Å². The van der Waals surface area contributed by atoms with Crippen molar-refractivity contribution in [3.8, 4) is 0 Å². The van der Waals surface area contributed by atoms with Gasteiger partial charge in [-0.15, -0.1) is 11.6 Å². The lowest BCUT2D eigenvalue weighted by Crippen LogP contribution is -2.56. The monoisotopic (exact) mass is 373 g/mol. The summed E-state index contributed by atoms with van der Waals surface area (Å²) >= 11 is 8.73. The number of carbonyl (C=O) groups excluding carboxylic acids is 1. The van der Waals surface area contributed by atoms with Crippen LogP contribution in [-0.2, 0) is 10.2 Å². The second-order valence-electron chi connectivity index (χ2n) is 4.45. The summed E-state index contributed by atoms with van der Waals surface area (Å²) < 4.78 is 42.4. The molecule has 1 rings (SSSR count). The molecule has 0 saturated carbocycles. The number of aliphatic hydroxyl groups is 1. The van der Waals surface area contributed by atoms with E-state index < -0.39 is 40.6 Å². The summed E-state index contributed by atoms with van der Waals surface area (Å²) in [4.78, 5) is 11.2. The third kappa shape index (κ3) is 2.80. The Bertz CT molecular complexity index is 529. The van der Waals surface area contributed by atoms with Crippen LogP contribution in [0.2, 0.25) is 0 Å². The van der Waals surface area contributed by atoms with Gasteiger partial charge in [0.25, 0.3) is 5.92 Å². The SMILES string of the molecule is CC(c1cc(Br)ccc1F)(C(Cl)C(N)=O)C(F)(F)CO. The first kappa shape index (κ1) is 17.3. The molecule has 112 valence electrons. The standard InChI is InChI=1S/C12H12BrClF3NO2/c1-11(9(14)10(18)20,12(16,17)5-19)7-4-6(13)2-3-8(7)15/h2-4,9,19H,5H2,1H3,(H2,18,20). The van der Waals surface area contributed by atoms with E-state index in [4.69, 9.17) is 22.4 Å². The molecule has 1 aromatic rings. The highest BCUT2D eigenvalue weighted by Crippen LogP contribution is 2.45. The lowest BCUT2D eigenvalue weighted by atomic mass is 9.73. The Morgan fingerprint density at radius 2 is 2.10 bits per heavy atom. The number of rotatable bonds is 5. The zero-order valence-corrected chi connectivity index (χ0v) is 12.7. The minimum absolute atomic E-state index is 0.321. The van der Waals surface area contributed by atoms with E-state index >= 15 is 0 Å². The molecule has 0 aromatic heterocycles. The zero-order valence-electron chi connectivity index (χ0n) is 10.3. The van der Waals surface area contributed by atoms with Crippen LogP contribution in [0.15, 0.2) is 22.7 Å². The summed E-state index contributed by atoms with van der Waals surface area (Å²) in [5, 5.41) is 6.98. The highest BCUT2D eigenvalue weighted by Gasteiger charge is 2.58. The summed E-state index contributed by atoms with van der Waals surface area (Å²) in [6, 6.07) is 3.34. The Labute approximate surface area is 127 Å². The van der Waals surface area contributed by atoms with Crippen LogP contribution >= 0.6 is 27.5 Å². The molecular weight excluding hydrogens is 362 g/mol. The topological polar surface area (TPSA) is 63.3 Å². The maximum atomic E-state index is 14.1. The highest BCUT2D eigenvalue weighted by molar-refractivity contribution is 9.10. The minimum atomic E-state index is -3.85. The van der Waals surface area contributed by atoms with E-state index in [1.807, 2.05) is 0 Å². The Morgan fingerprint density at radius 1 is 1.55 bits per heavy atom. The molecule has 0 aliphatic carbocycles. The fraction of sp³-hybridized carbons (Fsp3) is 0.417. The molecule has 0 radical (unpaired) electrons. The van der Waals surface area contributed by atoms with Crippen LogP contribution in [0.5, 0.6) is 0 Å². The second kappa shape index (κ2) is 5.91. The lowest BCUT2D eigenvalue weighted by Gasteiger charge is -2.39. The van der Waals surface area contributed by atoms with Crippen molar-refractivity contribution in [1.82, 2.24) is 0 Å². The van der Waals surface area contributed by atoms with Crippen molar-refractivity contribution in [2.75, 3.05) is 6.61 Å². The summed E-state index contributed by atoms with van der Waals surface area (Å²) in [6.45, 7) is -0.720. The number of benzene rings is 1. The predicted octanol–water partition coefficient (Wildman–Crippen LogP) is 2.57. The molecule has 2 unspecified atom stereocenters. The first-order valence-corrected chi connectivity index (χ1v) is 6.68. The van der Waals surface area contributed by atoms with Crippen molar-refractivity contribution >= 4 is 33.4 Å². The molecule has 3 nitrogen and oxygen atoms in total. The molecule has 20 heavy (non-hydrogen) atoms. The van der Waals surface area contributed by atoms with Crippen LogP contribution in [0.25, 0.3) is 0 Å². The van der Waals surface area contributed by atoms with Gasteiger partial charge in [-0.25, -0.2) is 13.2 Å². The number of alkyl halides is 3. The van der Waals surface area contributed by atoms with Gasteiger partial charge in [-0.2, -0.15) is 0 Å². The van der Waals surface area contributed by atoms with Crippen molar-refractivity contribution in [2.24, 2.45) is 5.73 Å². The Balaban J connectivity index is 3.61. The van der Waals surface area contributed by atoms with Gasteiger partial charge in [0.15, 0.2) is 0 Å². The van der Waals surface area contributed by atoms with Gasteiger partial charge in [-0.3, -0.25) is 4.79 Å². The summed E-state index contributed by atoms with van der Waals surface area (Å²) in [7, 11) is 0. The molecule has 3 N–H and O–H groups in total. The molecule has 0 fully saturated rings. The molecule has 0 spiro atoms. The molecule has 1 aromatic carbocycles. The van der Waals surface area contributed by atoms with Crippen LogP contribution in [-0.4, -0.2) is 28.9 Å². The van der Waals surface area contributed by atoms with Gasteiger partial charge in [-0.1, -0.05) is 15.9 Å². The number of hydrogen-bond donors (Lipinski definition) is 2. The summed E-state index contributed by atoms with van der Waals surface area (Å²) in [5.41, 5.74) is 1.97. The summed E-state index contributed by atoms with van der Waals surface area (Å²) in [6.07, 6.45) is 0. The predicted molar refractivity (Wildman–Crippen MR) is 72.3 cm³/mol. The van der Waals surface area contributed by atoms with Crippen molar-refractivity contribution in [2.45, 2.75) is 23.6 Å². The average Bonchev–Trinajstić information content (AvgIpc) is 2.39. The van der Waals surface area contributed by atoms with E-state index in [1.165, 1.54) is 6.07 Å². The third-order valence-electron chi connectivity index (χ3n) is 3.20. The molecule has 0 bridgehead atoms. The van der Waals surface area contributed by atoms with Gasteiger partial charge in [0.05, 0.1) is 5.41 Å². The van der Waals surface area contributed by atoms with E-state index in [9.17, 15) is 18.0 Å².